The first-order chi connectivity index (χ1) is 7.61. The van der Waals surface area contributed by atoms with Gasteiger partial charge in [-0.05, 0) is 23.0 Å². The summed E-state index contributed by atoms with van der Waals surface area (Å²) in [4.78, 5) is 0. The molecule has 0 bridgehead atoms. The van der Waals surface area contributed by atoms with Gasteiger partial charge in [-0.2, -0.15) is 0 Å². The summed E-state index contributed by atoms with van der Waals surface area (Å²) in [7, 11) is 0. The molecule has 1 heteroatoms. The predicted molar refractivity (Wildman–Crippen MR) is 72.1 cm³/mol. The van der Waals surface area contributed by atoms with E-state index in [1.54, 1.807) is 0 Å². The summed E-state index contributed by atoms with van der Waals surface area (Å²) in [6.07, 6.45) is 4.48. The van der Waals surface area contributed by atoms with E-state index in [-0.39, 0.29) is 0 Å². The van der Waals surface area contributed by atoms with Gasteiger partial charge in [0.25, 0.3) is 0 Å². The van der Waals surface area contributed by atoms with E-state index in [0.717, 1.165) is 6.54 Å². The minimum atomic E-state index is 0.578. The van der Waals surface area contributed by atoms with E-state index < -0.39 is 0 Å². The molecule has 2 rings (SSSR count). The van der Waals surface area contributed by atoms with Crippen molar-refractivity contribution in [2.75, 3.05) is 11.9 Å². The highest BCUT2D eigenvalue weighted by molar-refractivity contribution is 5.76. The second kappa shape index (κ2) is 4.32. The van der Waals surface area contributed by atoms with Gasteiger partial charge in [-0.25, -0.2) is 0 Å². The van der Waals surface area contributed by atoms with E-state index in [1.807, 2.05) is 0 Å². The highest BCUT2D eigenvalue weighted by atomic mass is 14.9. The van der Waals surface area contributed by atoms with Crippen LogP contribution < -0.4 is 5.32 Å². The zero-order valence-corrected chi connectivity index (χ0v) is 10.7. The molecule has 0 saturated carbocycles. The van der Waals surface area contributed by atoms with Crippen LogP contribution in [0.5, 0.6) is 0 Å². The minimum Gasteiger partial charge on any atom is -0.381 e. The number of anilines is 1. The maximum absolute atomic E-state index is 3.52. The fourth-order valence-electron chi connectivity index (χ4n) is 2.35. The normalized spacial score (nSPS) is 14.1. The lowest BCUT2D eigenvalue weighted by Gasteiger charge is -2.23. The highest BCUT2D eigenvalue weighted by Gasteiger charge is 2.16. The van der Waals surface area contributed by atoms with Crippen molar-refractivity contribution >= 4 is 11.8 Å². The Labute approximate surface area is 98.6 Å². The first kappa shape index (κ1) is 11.3. The number of nitrogens with one attached hydrogen (secondary N) is 1. The highest BCUT2D eigenvalue weighted by Crippen LogP contribution is 2.35. The molecule has 16 heavy (non-hydrogen) atoms. The van der Waals surface area contributed by atoms with Crippen LogP contribution in [0.25, 0.3) is 6.08 Å². The van der Waals surface area contributed by atoms with Crippen LogP contribution in [-0.4, -0.2) is 6.54 Å². The van der Waals surface area contributed by atoms with Crippen LogP contribution in [0, 0.1) is 0 Å². The summed E-state index contributed by atoms with van der Waals surface area (Å²) in [5, 5.41) is 3.52. The van der Waals surface area contributed by atoms with Gasteiger partial charge in [0.05, 0.1) is 0 Å². The Balaban J connectivity index is 2.60. The van der Waals surface area contributed by atoms with Gasteiger partial charge in [0, 0.05) is 17.8 Å². The fraction of sp³-hybridized carbons (Fsp3) is 0.467. The molecule has 0 aliphatic carbocycles. The zero-order valence-electron chi connectivity index (χ0n) is 10.7. The molecule has 0 atom stereocenters. The molecule has 1 aromatic rings. The van der Waals surface area contributed by atoms with E-state index in [4.69, 9.17) is 0 Å². The summed E-state index contributed by atoms with van der Waals surface area (Å²) in [6.45, 7) is 9.98. The predicted octanol–water partition coefficient (Wildman–Crippen LogP) is 4.37. The summed E-state index contributed by atoms with van der Waals surface area (Å²) in [5.74, 6) is 1.16. The van der Waals surface area contributed by atoms with Crippen molar-refractivity contribution in [3.8, 4) is 0 Å². The van der Waals surface area contributed by atoms with Crippen molar-refractivity contribution in [3.05, 3.63) is 34.9 Å². The van der Waals surface area contributed by atoms with Gasteiger partial charge >= 0.3 is 0 Å². The topological polar surface area (TPSA) is 12.0 Å². The van der Waals surface area contributed by atoms with Crippen LogP contribution in [-0.2, 0) is 0 Å². The van der Waals surface area contributed by atoms with E-state index in [1.165, 1.54) is 22.4 Å². The Morgan fingerprint density at radius 1 is 1.00 bits per heavy atom. The van der Waals surface area contributed by atoms with Crippen LogP contribution >= 0.6 is 0 Å². The van der Waals surface area contributed by atoms with Gasteiger partial charge in [-0.1, -0.05) is 52.0 Å². The number of benzene rings is 1. The van der Waals surface area contributed by atoms with Crippen LogP contribution in [0.4, 0.5) is 5.69 Å². The van der Waals surface area contributed by atoms with Crippen LogP contribution in [0.15, 0.2) is 18.2 Å². The maximum atomic E-state index is 3.52. The van der Waals surface area contributed by atoms with Crippen molar-refractivity contribution in [1.29, 1.82) is 0 Å². The third-order valence-electron chi connectivity index (χ3n) is 3.24. The Hall–Kier alpha value is -1.24. The first-order valence-corrected chi connectivity index (χ1v) is 6.18. The van der Waals surface area contributed by atoms with Crippen LogP contribution in [0.3, 0.4) is 0 Å². The van der Waals surface area contributed by atoms with Gasteiger partial charge in [0.2, 0.25) is 0 Å². The molecule has 1 aromatic carbocycles. The molecular formula is C15H21N. The average Bonchev–Trinajstić information content (AvgIpc) is 2.27. The average molecular weight is 215 g/mol. The molecule has 1 aliphatic heterocycles. The zero-order chi connectivity index (χ0) is 11.7. The molecule has 1 nitrogen and oxygen atoms in total. The molecule has 86 valence electrons. The molecule has 0 spiro atoms. The summed E-state index contributed by atoms with van der Waals surface area (Å²) < 4.78 is 0. The number of fused-ring (bicyclic) bond motifs is 1. The standard InChI is InChI=1S/C15H21N/c1-10(2)12-7-8-13(11(3)4)15-14(12)6-5-9-16-15/h5-8,10-11,16H,9H2,1-4H3. The van der Waals surface area contributed by atoms with E-state index in [2.05, 4.69) is 57.3 Å². The lowest BCUT2D eigenvalue weighted by Crippen LogP contribution is -2.10. The Bertz CT molecular complexity index is 414. The molecule has 1 N–H and O–H groups in total. The summed E-state index contributed by atoms with van der Waals surface area (Å²) in [6, 6.07) is 4.57. The maximum Gasteiger partial charge on any atom is 0.0454 e. The lowest BCUT2D eigenvalue weighted by atomic mass is 9.88. The van der Waals surface area contributed by atoms with Crippen molar-refractivity contribution in [1.82, 2.24) is 0 Å². The lowest BCUT2D eigenvalue weighted by molar-refractivity contribution is 0.842. The molecule has 0 radical (unpaired) electrons. The quantitative estimate of drug-likeness (QED) is 0.772. The van der Waals surface area contributed by atoms with Gasteiger partial charge in [-0.15, -0.1) is 0 Å². The van der Waals surface area contributed by atoms with Crippen LogP contribution in [0.2, 0.25) is 0 Å². The summed E-state index contributed by atoms with van der Waals surface area (Å²) in [5.41, 5.74) is 5.63. The van der Waals surface area contributed by atoms with Crippen LogP contribution in [0.1, 0.15) is 56.2 Å². The molecule has 1 aliphatic rings. The molecule has 1 heterocycles. The Morgan fingerprint density at radius 3 is 2.25 bits per heavy atom. The Kier molecular flexibility index (Phi) is 3.04. The monoisotopic (exact) mass is 215 g/mol. The van der Waals surface area contributed by atoms with Crippen molar-refractivity contribution in [2.24, 2.45) is 0 Å². The van der Waals surface area contributed by atoms with Crippen molar-refractivity contribution in [2.45, 2.75) is 39.5 Å². The molecule has 0 amide bonds. The third kappa shape index (κ3) is 1.87. The SMILES string of the molecule is CC(C)c1ccc(C(C)C)c2c1C=CCN2. The van der Waals surface area contributed by atoms with Crippen molar-refractivity contribution in [3.63, 3.8) is 0 Å². The molecular weight excluding hydrogens is 194 g/mol. The second-order valence-electron chi connectivity index (χ2n) is 5.13. The number of hydrogen-bond acceptors (Lipinski definition) is 1. The number of rotatable bonds is 2. The third-order valence-corrected chi connectivity index (χ3v) is 3.24. The fourth-order valence-corrected chi connectivity index (χ4v) is 2.35. The molecule has 0 aromatic heterocycles. The molecule has 0 fully saturated rings. The Morgan fingerprint density at radius 2 is 1.62 bits per heavy atom. The van der Waals surface area contributed by atoms with E-state index in [9.17, 15) is 0 Å². The minimum absolute atomic E-state index is 0.578. The van der Waals surface area contributed by atoms with Gasteiger partial charge in [0.15, 0.2) is 0 Å². The smallest absolute Gasteiger partial charge is 0.0454 e. The first-order valence-electron chi connectivity index (χ1n) is 6.18. The molecule has 0 unspecified atom stereocenters. The van der Waals surface area contributed by atoms with Gasteiger partial charge in [0.1, 0.15) is 0 Å². The summed E-state index contributed by atoms with van der Waals surface area (Å²) >= 11 is 0. The van der Waals surface area contributed by atoms with Gasteiger partial charge in [-0.3, -0.25) is 0 Å². The number of hydrogen-bond donors (Lipinski definition) is 1. The largest absolute Gasteiger partial charge is 0.381 e. The van der Waals surface area contributed by atoms with E-state index in [0.29, 0.717) is 11.8 Å². The van der Waals surface area contributed by atoms with Crippen molar-refractivity contribution < 1.29 is 0 Å². The van der Waals surface area contributed by atoms with Gasteiger partial charge < -0.3 is 5.32 Å². The molecule has 0 saturated heterocycles. The second-order valence-corrected chi connectivity index (χ2v) is 5.13. The van der Waals surface area contributed by atoms with E-state index >= 15 is 0 Å².